The van der Waals surface area contributed by atoms with Gasteiger partial charge in [-0.05, 0) is 103 Å². The standard InChI is InChI=1S/C18H30O3S.C9H12O3S/c1-12(2)9-15-7-8-18(22(19,20)21)17(11-14(5)6)16(15)10-13(3)4;1-6-4-5-9(13(10,11)12)8(3)7(6)2/h7-8,12-14H,9-11H2,1-6H3,(H,19,20,21);4-5H,1-3H3,(H,10,11,12). The van der Waals surface area contributed by atoms with Crippen LogP contribution in [-0.2, 0) is 39.5 Å². The molecule has 35 heavy (non-hydrogen) atoms. The molecule has 0 radical (unpaired) electrons. The highest BCUT2D eigenvalue weighted by Crippen LogP contribution is 2.29. The van der Waals surface area contributed by atoms with Crippen LogP contribution in [0, 0.1) is 38.5 Å². The molecule has 0 amide bonds. The molecule has 6 nitrogen and oxygen atoms in total. The van der Waals surface area contributed by atoms with Crippen LogP contribution in [0.4, 0.5) is 0 Å². The summed E-state index contributed by atoms with van der Waals surface area (Å²) in [5.74, 6) is 1.28. The van der Waals surface area contributed by atoms with E-state index in [0.29, 0.717) is 29.7 Å². The predicted octanol–water partition coefficient (Wildman–Crippen LogP) is 6.39. The van der Waals surface area contributed by atoms with Gasteiger partial charge in [0, 0.05) is 0 Å². The van der Waals surface area contributed by atoms with E-state index in [-0.39, 0.29) is 9.79 Å². The lowest BCUT2D eigenvalue weighted by atomic mass is 9.86. The average molecular weight is 527 g/mol. The van der Waals surface area contributed by atoms with Crippen LogP contribution in [0.25, 0.3) is 0 Å². The minimum atomic E-state index is -4.18. The molecule has 0 unspecified atom stereocenters. The summed E-state index contributed by atoms with van der Waals surface area (Å²) in [4.78, 5) is 0.0833. The molecular weight excluding hydrogens is 484 g/mol. The fourth-order valence-corrected chi connectivity index (χ4v) is 5.64. The summed E-state index contributed by atoms with van der Waals surface area (Å²) in [5.41, 5.74) is 5.67. The normalized spacial score (nSPS) is 12.3. The second-order valence-electron chi connectivity index (χ2n) is 10.6. The van der Waals surface area contributed by atoms with Gasteiger partial charge in [0.15, 0.2) is 0 Å². The fourth-order valence-electron chi connectivity index (χ4n) is 4.10. The zero-order valence-electron chi connectivity index (χ0n) is 22.5. The first kappa shape index (κ1) is 31.3. The van der Waals surface area contributed by atoms with E-state index in [9.17, 15) is 21.4 Å². The maximum Gasteiger partial charge on any atom is 0.294 e. The molecule has 2 aromatic rings. The molecule has 0 aliphatic rings. The van der Waals surface area contributed by atoms with Crippen LogP contribution in [0.15, 0.2) is 34.1 Å². The van der Waals surface area contributed by atoms with Crippen LogP contribution >= 0.6 is 0 Å². The first-order chi connectivity index (χ1) is 15.9. The third-order valence-electron chi connectivity index (χ3n) is 5.90. The van der Waals surface area contributed by atoms with E-state index in [1.165, 1.54) is 11.6 Å². The Kier molecular flexibility index (Phi) is 11.2. The van der Waals surface area contributed by atoms with Gasteiger partial charge in [-0.15, -0.1) is 0 Å². The molecule has 0 heterocycles. The lowest BCUT2D eigenvalue weighted by Gasteiger charge is -2.21. The van der Waals surface area contributed by atoms with Crippen molar-refractivity contribution in [3.63, 3.8) is 0 Å². The first-order valence-corrected chi connectivity index (χ1v) is 14.9. The van der Waals surface area contributed by atoms with Gasteiger partial charge in [-0.1, -0.05) is 53.7 Å². The highest BCUT2D eigenvalue weighted by Gasteiger charge is 2.22. The van der Waals surface area contributed by atoms with Gasteiger partial charge >= 0.3 is 0 Å². The molecule has 2 rings (SSSR count). The lowest BCUT2D eigenvalue weighted by Crippen LogP contribution is -2.14. The van der Waals surface area contributed by atoms with Crippen LogP contribution in [0.2, 0.25) is 0 Å². The van der Waals surface area contributed by atoms with Crippen molar-refractivity contribution in [3.05, 3.63) is 57.6 Å². The second-order valence-corrected chi connectivity index (χ2v) is 13.3. The van der Waals surface area contributed by atoms with Crippen molar-refractivity contribution >= 4 is 20.2 Å². The molecule has 0 spiro atoms. The number of aryl methyl sites for hydroxylation is 1. The Labute approximate surface area is 212 Å². The Hall–Kier alpha value is -1.74. The summed E-state index contributed by atoms with van der Waals surface area (Å²) in [6.45, 7) is 18.2. The third-order valence-corrected chi connectivity index (χ3v) is 7.84. The van der Waals surface area contributed by atoms with E-state index >= 15 is 0 Å². The number of hydrogen-bond donors (Lipinski definition) is 2. The van der Waals surface area contributed by atoms with E-state index in [4.69, 9.17) is 4.55 Å². The highest BCUT2D eigenvalue weighted by atomic mass is 32.2. The molecule has 2 N–H and O–H groups in total. The first-order valence-electron chi connectivity index (χ1n) is 12.0. The van der Waals surface area contributed by atoms with Crippen LogP contribution in [0.5, 0.6) is 0 Å². The van der Waals surface area contributed by atoms with E-state index in [0.717, 1.165) is 35.1 Å². The minimum Gasteiger partial charge on any atom is -0.282 e. The van der Waals surface area contributed by atoms with Gasteiger partial charge in [-0.25, -0.2) is 0 Å². The van der Waals surface area contributed by atoms with Gasteiger partial charge in [-0.2, -0.15) is 16.8 Å². The third kappa shape index (κ3) is 9.33. The van der Waals surface area contributed by atoms with Gasteiger partial charge in [0.1, 0.15) is 0 Å². The summed E-state index contributed by atoms with van der Waals surface area (Å²) in [5, 5.41) is 0. The highest BCUT2D eigenvalue weighted by molar-refractivity contribution is 7.86. The van der Waals surface area contributed by atoms with Crippen molar-refractivity contribution in [1.29, 1.82) is 0 Å². The molecule has 0 aliphatic carbocycles. The Morgan fingerprint density at radius 2 is 1.03 bits per heavy atom. The van der Waals surface area contributed by atoms with E-state index in [1.807, 2.05) is 19.9 Å². The van der Waals surface area contributed by atoms with Crippen molar-refractivity contribution in [1.82, 2.24) is 0 Å². The zero-order chi connectivity index (χ0) is 27.3. The quantitative estimate of drug-likeness (QED) is 0.386. The van der Waals surface area contributed by atoms with Gasteiger partial charge in [0.25, 0.3) is 20.2 Å². The topological polar surface area (TPSA) is 109 Å². The Morgan fingerprint density at radius 3 is 1.46 bits per heavy atom. The SMILES string of the molecule is CC(C)Cc1ccc(S(=O)(=O)O)c(CC(C)C)c1CC(C)C.Cc1ccc(S(=O)(=O)O)c(C)c1C. The number of hydrogen-bond acceptors (Lipinski definition) is 4. The molecule has 2 aromatic carbocycles. The van der Waals surface area contributed by atoms with Crippen molar-refractivity contribution in [2.75, 3.05) is 0 Å². The van der Waals surface area contributed by atoms with Crippen molar-refractivity contribution < 1.29 is 25.9 Å². The van der Waals surface area contributed by atoms with Crippen LogP contribution in [0.1, 0.15) is 74.9 Å². The Balaban J connectivity index is 0.000000400. The maximum absolute atomic E-state index is 11.8. The van der Waals surface area contributed by atoms with Gasteiger partial charge in [-0.3, -0.25) is 9.11 Å². The van der Waals surface area contributed by atoms with Gasteiger partial charge in [0.05, 0.1) is 9.79 Å². The van der Waals surface area contributed by atoms with E-state index in [1.54, 1.807) is 19.1 Å². The van der Waals surface area contributed by atoms with E-state index < -0.39 is 20.2 Å². The molecule has 0 saturated heterocycles. The molecule has 0 aliphatic heterocycles. The van der Waals surface area contributed by atoms with Gasteiger partial charge < -0.3 is 0 Å². The van der Waals surface area contributed by atoms with Crippen molar-refractivity contribution in [2.45, 2.75) is 91.4 Å². The maximum atomic E-state index is 11.8. The summed E-state index contributed by atoms with van der Waals surface area (Å²) in [6, 6.07) is 6.57. The largest absolute Gasteiger partial charge is 0.294 e. The predicted molar refractivity (Wildman–Crippen MR) is 142 cm³/mol. The molecule has 0 bridgehead atoms. The van der Waals surface area contributed by atoms with Crippen LogP contribution < -0.4 is 0 Å². The van der Waals surface area contributed by atoms with Crippen LogP contribution in [-0.4, -0.2) is 25.9 Å². The zero-order valence-corrected chi connectivity index (χ0v) is 24.1. The lowest BCUT2D eigenvalue weighted by molar-refractivity contribution is 0.478. The molecule has 198 valence electrons. The number of benzene rings is 2. The monoisotopic (exact) mass is 526 g/mol. The molecule has 0 atom stereocenters. The van der Waals surface area contributed by atoms with Crippen molar-refractivity contribution in [2.24, 2.45) is 17.8 Å². The second kappa shape index (κ2) is 12.5. The Bertz CT molecular complexity index is 1220. The molecule has 0 saturated carbocycles. The smallest absolute Gasteiger partial charge is 0.282 e. The van der Waals surface area contributed by atoms with Gasteiger partial charge in [0.2, 0.25) is 0 Å². The molecular formula is C27H42O6S2. The van der Waals surface area contributed by atoms with Crippen LogP contribution in [0.3, 0.4) is 0 Å². The molecule has 8 heteroatoms. The summed E-state index contributed by atoms with van der Waals surface area (Å²) >= 11 is 0. The number of rotatable bonds is 8. The Morgan fingerprint density at radius 1 is 0.600 bits per heavy atom. The average Bonchev–Trinajstić information content (AvgIpc) is 2.66. The summed E-state index contributed by atoms with van der Waals surface area (Å²) in [6.07, 6.45) is 2.44. The minimum absolute atomic E-state index is 0.00407. The summed E-state index contributed by atoms with van der Waals surface area (Å²) < 4.78 is 63.7. The fraction of sp³-hybridized carbons (Fsp3) is 0.556. The van der Waals surface area contributed by atoms with Crippen molar-refractivity contribution in [3.8, 4) is 0 Å². The van der Waals surface area contributed by atoms with E-state index in [2.05, 4.69) is 41.5 Å². The molecule has 0 aromatic heterocycles. The summed E-state index contributed by atoms with van der Waals surface area (Å²) in [7, 11) is -8.26. The molecule has 0 fully saturated rings.